The molecule has 1 saturated carbocycles. The van der Waals surface area contributed by atoms with E-state index in [1.165, 1.54) is 31.2 Å². The SMILES string of the molecule is Cl.O=C(CC1CCCN1)NCC1(c2ccc3c(c2)OCO3)CCCCC1. The van der Waals surface area contributed by atoms with Crippen LogP contribution in [0, 0.1) is 0 Å². The van der Waals surface area contributed by atoms with Gasteiger partial charge in [0.25, 0.3) is 0 Å². The Balaban J connectivity index is 0.00000196. The molecule has 6 heteroatoms. The standard InChI is InChI=1S/C20H28N2O3.ClH/c23-19(12-16-5-4-10-21-16)22-13-20(8-2-1-3-9-20)15-6-7-17-18(11-15)25-14-24-17;/h6-7,11,16,21H,1-5,8-10,12-14H2,(H,22,23);1H. The second-order valence-corrected chi connectivity index (χ2v) is 7.68. The van der Waals surface area contributed by atoms with Crippen LogP contribution in [0.3, 0.4) is 0 Å². The molecule has 2 heterocycles. The van der Waals surface area contributed by atoms with E-state index < -0.39 is 0 Å². The minimum absolute atomic E-state index is 0. The summed E-state index contributed by atoms with van der Waals surface area (Å²) in [5.74, 6) is 1.83. The quantitative estimate of drug-likeness (QED) is 0.822. The average molecular weight is 381 g/mol. The molecule has 1 atom stereocenters. The van der Waals surface area contributed by atoms with Gasteiger partial charge in [-0.05, 0) is 49.9 Å². The van der Waals surface area contributed by atoms with Crippen LogP contribution in [0.4, 0.5) is 0 Å². The molecular formula is C20H29ClN2O3. The molecule has 2 N–H and O–H groups in total. The molecule has 1 aromatic carbocycles. The second kappa shape index (κ2) is 8.49. The lowest BCUT2D eigenvalue weighted by Crippen LogP contribution is -2.43. The van der Waals surface area contributed by atoms with Crippen LogP contribution in [0.25, 0.3) is 0 Å². The number of amides is 1. The largest absolute Gasteiger partial charge is 0.454 e. The molecule has 2 fully saturated rings. The van der Waals surface area contributed by atoms with E-state index in [1.54, 1.807) is 0 Å². The molecule has 26 heavy (non-hydrogen) atoms. The number of benzene rings is 1. The van der Waals surface area contributed by atoms with Gasteiger partial charge < -0.3 is 20.1 Å². The van der Waals surface area contributed by atoms with Gasteiger partial charge in [-0.2, -0.15) is 0 Å². The van der Waals surface area contributed by atoms with Crippen molar-refractivity contribution in [2.75, 3.05) is 19.9 Å². The molecule has 144 valence electrons. The van der Waals surface area contributed by atoms with Crippen molar-refractivity contribution in [3.8, 4) is 11.5 Å². The number of hydrogen-bond donors (Lipinski definition) is 2. The summed E-state index contributed by atoms with van der Waals surface area (Å²) >= 11 is 0. The summed E-state index contributed by atoms with van der Waals surface area (Å²) in [4.78, 5) is 12.4. The first kappa shape index (κ1) is 19.3. The Morgan fingerprint density at radius 2 is 1.96 bits per heavy atom. The van der Waals surface area contributed by atoms with Crippen molar-refractivity contribution < 1.29 is 14.3 Å². The Bertz CT molecular complexity index is 625. The van der Waals surface area contributed by atoms with Crippen molar-refractivity contribution >= 4 is 18.3 Å². The highest BCUT2D eigenvalue weighted by atomic mass is 35.5. The molecule has 1 amide bonds. The van der Waals surface area contributed by atoms with E-state index in [0.717, 1.165) is 43.9 Å². The molecule has 2 aliphatic heterocycles. The van der Waals surface area contributed by atoms with Crippen molar-refractivity contribution in [3.05, 3.63) is 23.8 Å². The summed E-state index contributed by atoms with van der Waals surface area (Å²) in [6.07, 6.45) is 8.84. The predicted octanol–water partition coefficient (Wildman–Crippen LogP) is 3.30. The molecular weight excluding hydrogens is 352 g/mol. The molecule has 1 aliphatic carbocycles. The van der Waals surface area contributed by atoms with Gasteiger partial charge in [-0.25, -0.2) is 0 Å². The summed E-state index contributed by atoms with van der Waals surface area (Å²) in [7, 11) is 0. The van der Waals surface area contributed by atoms with E-state index in [4.69, 9.17) is 9.47 Å². The van der Waals surface area contributed by atoms with E-state index in [1.807, 2.05) is 6.07 Å². The Labute approximate surface area is 161 Å². The summed E-state index contributed by atoms with van der Waals surface area (Å²) in [6.45, 7) is 2.06. The number of carbonyl (C=O) groups is 1. The fourth-order valence-corrected chi connectivity index (χ4v) is 4.52. The Morgan fingerprint density at radius 1 is 1.15 bits per heavy atom. The van der Waals surface area contributed by atoms with Crippen LogP contribution in [-0.4, -0.2) is 31.8 Å². The van der Waals surface area contributed by atoms with E-state index >= 15 is 0 Å². The van der Waals surface area contributed by atoms with Crippen LogP contribution in [-0.2, 0) is 10.2 Å². The predicted molar refractivity (Wildman–Crippen MR) is 103 cm³/mol. The zero-order chi connectivity index (χ0) is 17.1. The highest BCUT2D eigenvalue weighted by Gasteiger charge is 2.35. The second-order valence-electron chi connectivity index (χ2n) is 7.68. The zero-order valence-electron chi connectivity index (χ0n) is 15.2. The number of rotatable bonds is 5. The van der Waals surface area contributed by atoms with Crippen molar-refractivity contribution in [2.24, 2.45) is 0 Å². The van der Waals surface area contributed by atoms with Crippen LogP contribution >= 0.6 is 12.4 Å². The van der Waals surface area contributed by atoms with E-state index in [-0.39, 0.29) is 23.7 Å². The van der Waals surface area contributed by atoms with Gasteiger partial charge in [0.05, 0.1) is 0 Å². The molecule has 0 spiro atoms. The molecule has 5 nitrogen and oxygen atoms in total. The molecule has 0 aromatic heterocycles. The van der Waals surface area contributed by atoms with Gasteiger partial charge in [0.15, 0.2) is 11.5 Å². The van der Waals surface area contributed by atoms with Gasteiger partial charge in [0, 0.05) is 24.4 Å². The fraction of sp³-hybridized carbons (Fsp3) is 0.650. The lowest BCUT2D eigenvalue weighted by atomic mass is 9.69. The van der Waals surface area contributed by atoms with Gasteiger partial charge in [-0.1, -0.05) is 25.3 Å². The topological polar surface area (TPSA) is 59.6 Å². The fourth-order valence-electron chi connectivity index (χ4n) is 4.52. The first-order valence-corrected chi connectivity index (χ1v) is 9.65. The lowest BCUT2D eigenvalue weighted by Gasteiger charge is -2.38. The third kappa shape index (κ3) is 4.09. The minimum atomic E-state index is 0. The monoisotopic (exact) mass is 380 g/mol. The number of ether oxygens (including phenoxy) is 2. The summed E-state index contributed by atoms with van der Waals surface area (Å²) in [6, 6.07) is 6.65. The first-order valence-electron chi connectivity index (χ1n) is 9.65. The minimum Gasteiger partial charge on any atom is -0.454 e. The molecule has 1 unspecified atom stereocenters. The van der Waals surface area contributed by atoms with Gasteiger partial charge >= 0.3 is 0 Å². The maximum Gasteiger partial charge on any atom is 0.231 e. The highest BCUT2D eigenvalue weighted by molar-refractivity contribution is 5.85. The molecule has 3 aliphatic rings. The van der Waals surface area contributed by atoms with Gasteiger partial charge in [-0.15, -0.1) is 12.4 Å². The molecule has 0 radical (unpaired) electrons. The van der Waals surface area contributed by atoms with Gasteiger partial charge in [0.2, 0.25) is 12.7 Å². The number of carbonyl (C=O) groups excluding carboxylic acids is 1. The average Bonchev–Trinajstić information content (AvgIpc) is 3.31. The summed E-state index contributed by atoms with van der Waals surface area (Å²) < 4.78 is 11.0. The van der Waals surface area contributed by atoms with Crippen LogP contribution in [0.2, 0.25) is 0 Å². The number of halogens is 1. The molecule has 1 saturated heterocycles. The third-order valence-electron chi connectivity index (χ3n) is 6.01. The third-order valence-corrected chi connectivity index (χ3v) is 6.01. The lowest BCUT2D eigenvalue weighted by molar-refractivity contribution is -0.121. The van der Waals surface area contributed by atoms with Gasteiger partial charge in [-0.3, -0.25) is 4.79 Å². The number of fused-ring (bicyclic) bond motifs is 1. The Kier molecular flexibility index (Phi) is 6.30. The maximum absolute atomic E-state index is 12.4. The zero-order valence-corrected chi connectivity index (χ0v) is 16.0. The van der Waals surface area contributed by atoms with Crippen LogP contribution < -0.4 is 20.1 Å². The van der Waals surface area contributed by atoms with Crippen molar-refractivity contribution in [1.29, 1.82) is 0 Å². The summed E-state index contributed by atoms with van der Waals surface area (Å²) in [5, 5.41) is 6.64. The summed E-state index contributed by atoms with van der Waals surface area (Å²) in [5.41, 5.74) is 1.30. The van der Waals surface area contributed by atoms with Crippen molar-refractivity contribution in [3.63, 3.8) is 0 Å². The Hall–Kier alpha value is -1.46. The first-order chi connectivity index (χ1) is 12.3. The van der Waals surface area contributed by atoms with E-state index in [9.17, 15) is 4.79 Å². The van der Waals surface area contributed by atoms with Crippen LogP contribution in [0.5, 0.6) is 11.5 Å². The van der Waals surface area contributed by atoms with Crippen molar-refractivity contribution in [2.45, 2.75) is 62.8 Å². The highest BCUT2D eigenvalue weighted by Crippen LogP contribution is 2.43. The molecule has 4 rings (SSSR count). The van der Waals surface area contributed by atoms with Crippen LogP contribution in [0.15, 0.2) is 18.2 Å². The number of hydrogen-bond acceptors (Lipinski definition) is 4. The van der Waals surface area contributed by atoms with Crippen molar-refractivity contribution in [1.82, 2.24) is 10.6 Å². The molecule has 0 bridgehead atoms. The Morgan fingerprint density at radius 3 is 2.73 bits per heavy atom. The van der Waals surface area contributed by atoms with Gasteiger partial charge in [0.1, 0.15) is 0 Å². The normalized spacial score (nSPS) is 23.3. The molecule has 1 aromatic rings. The van der Waals surface area contributed by atoms with E-state index in [2.05, 4.69) is 22.8 Å². The smallest absolute Gasteiger partial charge is 0.231 e. The van der Waals surface area contributed by atoms with E-state index in [0.29, 0.717) is 19.3 Å². The maximum atomic E-state index is 12.4. The number of nitrogens with one attached hydrogen (secondary N) is 2. The van der Waals surface area contributed by atoms with Crippen LogP contribution in [0.1, 0.15) is 56.9 Å².